The van der Waals surface area contributed by atoms with Crippen molar-refractivity contribution < 1.29 is 14.3 Å². The molecule has 4 nitrogen and oxygen atoms in total. The second-order valence-corrected chi connectivity index (χ2v) is 5.34. The minimum absolute atomic E-state index is 0.0345. The van der Waals surface area contributed by atoms with Crippen LogP contribution >= 0.6 is 11.6 Å². The van der Waals surface area contributed by atoms with Crippen LogP contribution in [0.3, 0.4) is 0 Å². The molecular formula is C18H20ClNO3. The van der Waals surface area contributed by atoms with Crippen molar-refractivity contribution in [2.75, 3.05) is 19.8 Å². The molecule has 0 saturated carbocycles. The van der Waals surface area contributed by atoms with E-state index in [1.165, 1.54) is 0 Å². The molecule has 1 amide bonds. The van der Waals surface area contributed by atoms with Gasteiger partial charge in [-0.25, -0.2) is 0 Å². The van der Waals surface area contributed by atoms with Crippen molar-refractivity contribution in [1.29, 1.82) is 0 Å². The Hall–Kier alpha value is -2.20. The lowest BCUT2D eigenvalue weighted by Crippen LogP contribution is -2.32. The highest BCUT2D eigenvalue weighted by molar-refractivity contribution is 6.30. The molecule has 2 aromatic rings. The van der Waals surface area contributed by atoms with Crippen molar-refractivity contribution >= 4 is 17.5 Å². The van der Waals surface area contributed by atoms with Gasteiger partial charge in [0.25, 0.3) is 5.91 Å². The first kappa shape index (κ1) is 17.2. The summed E-state index contributed by atoms with van der Waals surface area (Å²) in [6.45, 7) is 2.90. The van der Waals surface area contributed by atoms with Gasteiger partial charge in [0.05, 0.1) is 6.54 Å². The second kappa shape index (κ2) is 9.06. The van der Waals surface area contributed by atoms with Crippen LogP contribution in [0.2, 0.25) is 5.02 Å². The van der Waals surface area contributed by atoms with Gasteiger partial charge >= 0.3 is 0 Å². The van der Waals surface area contributed by atoms with Gasteiger partial charge in [-0.2, -0.15) is 0 Å². The van der Waals surface area contributed by atoms with E-state index in [1.54, 1.807) is 24.3 Å². The average Bonchev–Trinajstić information content (AvgIpc) is 2.58. The zero-order valence-electron chi connectivity index (χ0n) is 13.0. The lowest BCUT2D eigenvalue weighted by molar-refractivity contribution is -0.123. The fourth-order valence-electron chi connectivity index (χ4n) is 2.02. The molecule has 122 valence electrons. The van der Waals surface area contributed by atoms with Crippen LogP contribution in [0.25, 0.3) is 0 Å². The lowest BCUT2D eigenvalue weighted by atomic mass is 10.1. The Bertz CT molecular complexity index is 628. The molecule has 0 bridgehead atoms. The van der Waals surface area contributed by atoms with Gasteiger partial charge in [0, 0.05) is 5.02 Å². The van der Waals surface area contributed by atoms with Gasteiger partial charge in [-0.15, -0.1) is 0 Å². The molecule has 23 heavy (non-hydrogen) atoms. The Labute approximate surface area is 141 Å². The van der Waals surface area contributed by atoms with E-state index in [4.69, 9.17) is 21.1 Å². The van der Waals surface area contributed by atoms with Crippen LogP contribution < -0.4 is 14.8 Å². The Morgan fingerprint density at radius 2 is 1.83 bits per heavy atom. The zero-order valence-corrected chi connectivity index (χ0v) is 13.8. The van der Waals surface area contributed by atoms with Gasteiger partial charge in [-0.05, 0) is 42.3 Å². The first-order valence-corrected chi connectivity index (χ1v) is 7.92. The van der Waals surface area contributed by atoms with Gasteiger partial charge in [0.15, 0.2) is 6.61 Å². The molecular weight excluding hydrogens is 314 g/mol. The highest BCUT2D eigenvalue weighted by atomic mass is 35.5. The number of nitrogens with one attached hydrogen (secondary N) is 1. The predicted octanol–water partition coefficient (Wildman–Crippen LogP) is 3.48. The van der Waals surface area contributed by atoms with E-state index < -0.39 is 0 Å². The summed E-state index contributed by atoms with van der Waals surface area (Å²) >= 11 is 5.78. The number of halogens is 1. The quantitative estimate of drug-likeness (QED) is 0.752. The van der Waals surface area contributed by atoms with E-state index in [2.05, 4.69) is 12.2 Å². The van der Waals surface area contributed by atoms with Gasteiger partial charge in [-0.1, -0.05) is 36.7 Å². The molecule has 0 aliphatic carbocycles. The first-order valence-electron chi connectivity index (χ1n) is 7.55. The van der Waals surface area contributed by atoms with Crippen LogP contribution in [0.1, 0.15) is 12.5 Å². The number of ether oxygens (including phenoxy) is 2. The lowest BCUT2D eigenvalue weighted by Gasteiger charge is -2.11. The monoisotopic (exact) mass is 333 g/mol. The molecule has 0 aromatic heterocycles. The molecule has 0 aliphatic rings. The molecule has 2 rings (SSSR count). The van der Waals surface area contributed by atoms with Gasteiger partial charge < -0.3 is 14.8 Å². The fourth-order valence-corrected chi connectivity index (χ4v) is 2.14. The normalized spacial score (nSPS) is 10.2. The molecule has 0 heterocycles. The van der Waals surface area contributed by atoms with E-state index in [0.717, 1.165) is 17.7 Å². The van der Waals surface area contributed by atoms with Crippen LogP contribution in [-0.4, -0.2) is 25.7 Å². The third kappa shape index (κ3) is 5.83. The minimum atomic E-state index is -0.188. The first-order chi connectivity index (χ1) is 11.2. The van der Waals surface area contributed by atoms with Crippen molar-refractivity contribution in [3.63, 3.8) is 0 Å². The molecule has 2 aromatic carbocycles. The summed E-state index contributed by atoms with van der Waals surface area (Å²) < 4.78 is 11.0. The highest BCUT2D eigenvalue weighted by Gasteiger charge is 2.04. The topological polar surface area (TPSA) is 47.6 Å². The number of amides is 1. The molecule has 0 atom stereocenters. The number of benzene rings is 2. The number of carbonyl (C=O) groups excluding carboxylic acids is 1. The molecule has 5 heteroatoms. The second-order valence-electron chi connectivity index (χ2n) is 4.90. The van der Waals surface area contributed by atoms with Crippen molar-refractivity contribution in [3.8, 4) is 11.5 Å². The van der Waals surface area contributed by atoms with Crippen LogP contribution in [0.4, 0.5) is 0 Å². The summed E-state index contributed by atoms with van der Waals surface area (Å²) in [7, 11) is 0. The van der Waals surface area contributed by atoms with E-state index >= 15 is 0 Å². The van der Waals surface area contributed by atoms with Crippen LogP contribution in [0.15, 0.2) is 48.5 Å². The SMILES string of the molecule is CCc1ccccc1OCCNC(=O)COc1ccc(Cl)cc1. The molecule has 0 aliphatic heterocycles. The summed E-state index contributed by atoms with van der Waals surface area (Å²) in [6.07, 6.45) is 0.914. The standard InChI is InChI=1S/C18H20ClNO3/c1-2-14-5-3-4-6-17(14)22-12-11-20-18(21)13-23-16-9-7-15(19)8-10-16/h3-10H,2,11-13H2,1H3,(H,20,21). The number of rotatable bonds is 8. The van der Waals surface area contributed by atoms with E-state index in [0.29, 0.717) is 23.9 Å². The van der Waals surface area contributed by atoms with Crippen LogP contribution in [0, 0.1) is 0 Å². The zero-order chi connectivity index (χ0) is 16.5. The molecule has 0 saturated heterocycles. The smallest absolute Gasteiger partial charge is 0.258 e. The van der Waals surface area contributed by atoms with E-state index in [1.807, 2.05) is 24.3 Å². The molecule has 0 unspecified atom stereocenters. The third-order valence-electron chi connectivity index (χ3n) is 3.22. The van der Waals surface area contributed by atoms with E-state index in [-0.39, 0.29) is 12.5 Å². The third-order valence-corrected chi connectivity index (χ3v) is 3.47. The number of hydrogen-bond acceptors (Lipinski definition) is 3. The van der Waals surface area contributed by atoms with Gasteiger partial charge in [0.1, 0.15) is 18.1 Å². The summed E-state index contributed by atoms with van der Waals surface area (Å²) in [5.41, 5.74) is 1.16. The number of hydrogen-bond donors (Lipinski definition) is 1. The largest absolute Gasteiger partial charge is 0.491 e. The minimum Gasteiger partial charge on any atom is -0.491 e. The summed E-state index contributed by atoms with van der Waals surface area (Å²) in [4.78, 5) is 11.7. The Morgan fingerprint density at radius 1 is 1.09 bits per heavy atom. The average molecular weight is 334 g/mol. The number of aryl methyl sites for hydroxylation is 1. The maximum atomic E-state index is 11.7. The number of para-hydroxylation sites is 1. The predicted molar refractivity (Wildman–Crippen MR) is 91.3 cm³/mol. The summed E-state index contributed by atoms with van der Waals surface area (Å²) in [6, 6.07) is 14.8. The van der Waals surface area contributed by atoms with Crippen molar-refractivity contribution in [2.24, 2.45) is 0 Å². The molecule has 0 fully saturated rings. The molecule has 1 N–H and O–H groups in total. The highest BCUT2D eigenvalue weighted by Crippen LogP contribution is 2.18. The van der Waals surface area contributed by atoms with E-state index in [9.17, 15) is 4.79 Å². The van der Waals surface area contributed by atoms with Gasteiger partial charge in [0.2, 0.25) is 0 Å². The van der Waals surface area contributed by atoms with Crippen molar-refractivity contribution in [2.45, 2.75) is 13.3 Å². The number of carbonyl (C=O) groups is 1. The summed E-state index contributed by atoms with van der Waals surface area (Å²) in [5.74, 6) is 1.28. The Balaban J connectivity index is 1.66. The maximum absolute atomic E-state index is 11.7. The van der Waals surface area contributed by atoms with Crippen LogP contribution in [0.5, 0.6) is 11.5 Å². The molecule has 0 radical (unpaired) electrons. The van der Waals surface area contributed by atoms with Crippen LogP contribution in [-0.2, 0) is 11.2 Å². The Kier molecular flexibility index (Phi) is 6.76. The fraction of sp³-hybridized carbons (Fsp3) is 0.278. The van der Waals surface area contributed by atoms with Gasteiger partial charge in [-0.3, -0.25) is 4.79 Å². The Morgan fingerprint density at radius 3 is 2.57 bits per heavy atom. The molecule has 0 spiro atoms. The van der Waals surface area contributed by atoms with Crippen molar-refractivity contribution in [3.05, 3.63) is 59.1 Å². The summed E-state index contributed by atoms with van der Waals surface area (Å²) in [5, 5.41) is 3.39. The van der Waals surface area contributed by atoms with Crippen molar-refractivity contribution in [1.82, 2.24) is 5.32 Å². The maximum Gasteiger partial charge on any atom is 0.258 e.